The third-order valence-electron chi connectivity index (χ3n) is 4.14. The first-order chi connectivity index (χ1) is 14.7. The number of rotatable bonds is 2. The second kappa shape index (κ2) is 16.3. The van der Waals surface area contributed by atoms with E-state index in [2.05, 4.69) is 6.58 Å². The lowest BCUT2D eigenvalue weighted by Gasteiger charge is -1.99. The molecule has 0 aliphatic heterocycles. The molecule has 0 saturated heterocycles. The van der Waals surface area contributed by atoms with Crippen molar-refractivity contribution in [2.45, 2.75) is 13.8 Å². The van der Waals surface area contributed by atoms with Crippen molar-refractivity contribution in [1.29, 1.82) is 0 Å². The lowest BCUT2D eigenvalue weighted by atomic mass is 10.1. The lowest BCUT2D eigenvalue weighted by Crippen LogP contribution is -1.87. The quantitative estimate of drug-likeness (QED) is 0.317. The van der Waals surface area contributed by atoms with Gasteiger partial charge in [0.25, 0.3) is 0 Å². The highest BCUT2D eigenvalue weighted by molar-refractivity contribution is 5.77. The summed E-state index contributed by atoms with van der Waals surface area (Å²) >= 11 is 0. The molecule has 1 heteroatoms. The zero-order chi connectivity index (χ0) is 21.9. The number of hydrogen-bond donors (Lipinski definition) is 0. The van der Waals surface area contributed by atoms with Gasteiger partial charge in [0.1, 0.15) is 6.29 Å². The molecule has 0 amide bonds. The average molecular weight is 395 g/mol. The molecule has 0 spiro atoms. The number of hydrogen-bond acceptors (Lipinski definition) is 1. The van der Waals surface area contributed by atoms with Crippen molar-refractivity contribution in [2.75, 3.05) is 0 Å². The first-order valence-electron chi connectivity index (χ1n) is 9.88. The normalized spacial score (nSPS) is 8.60. The summed E-state index contributed by atoms with van der Waals surface area (Å²) in [4.78, 5) is 10.4. The number of aldehydes is 1. The van der Waals surface area contributed by atoms with Crippen LogP contribution in [0.15, 0.2) is 128 Å². The number of benzene rings is 4. The fraction of sp³-hybridized carbons (Fsp3) is 0.0690. The van der Waals surface area contributed by atoms with Gasteiger partial charge >= 0.3 is 0 Å². The Balaban J connectivity index is 0.000000205. The molecular formula is C29H30O. The van der Waals surface area contributed by atoms with E-state index in [0.717, 1.165) is 17.4 Å². The van der Waals surface area contributed by atoms with Crippen molar-refractivity contribution in [3.05, 3.63) is 150 Å². The molecule has 0 unspecified atom stereocenters. The van der Waals surface area contributed by atoms with Crippen molar-refractivity contribution in [3.63, 3.8) is 0 Å². The average Bonchev–Trinajstić information content (AvgIpc) is 2.85. The molecule has 1 nitrogen and oxygen atoms in total. The van der Waals surface area contributed by atoms with E-state index in [1.165, 1.54) is 11.1 Å². The van der Waals surface area contributed by atoms with E-state index in [4.69, 9.17) is 0 Å². The predicted molar refractivity (Wildman–Crippen MR) is 131 cm³/mol. The molecule has 30 heavy (non-hydrogen) atoms. The largest absolute Gasteiger partial charge is 0.298 e. The number of carbonyl (C=O) groups excluding carboxylic acids is 1. The minimum Gasteiger partial charge on any atom is -0.298 e. The SMILES string of the molecule is C=Cc1ccccc1.Cc1cccc(C=O)c1C.c1ccccc1.c1ccccc1. The first-order valence-corrected chi connectivity index (χ1v) is 9.88. The van der Waals surface area contributed by atoms with Crippen molar-refractivity contribution >= 4 is 12.4 Å². The van der Waals surface area contributed by atoms with Crippen LogP contribution in [0.2, 0.25) is 0 Å². The Kier molecular flexibility index (Phi) is 13.2. The van der Waals surface area contributed by atoms with Gasteiger partial charge in [-0.25, -0.2) is 0 Å². The molecule has 0 N–H and O–H groups in total. The minimum absolute atomic E-state index is 0.792. The second-order valence-corrected chi connectivity index (χ2v) is 6.33. The van der Waals surface area contributed by atoms with Gasteiger partial charge < -0.3 is 0 Å². The number of aryl methyl sites for hydroxylation is 1. The van der Waals surface area contributed by atoms with Crippen LogP contribution >= 0.6 is 0 Å². The summed E-state index contributed by atoms with van der Waals surface area (Å²) in [5, 5.41) is 0. The molecule has 0 aromatic heterocycles. The zero-order valence-corrected chi connectivity index (χ0v) is 17.8. The minimum atomic E-state index is 0.792. The highest BCUT2D eigenvalue weighted by atomic mass is 16.1. The summed E-state index contributed by atoms with van der Waals surface area (Å²) < 4.78 is 0. The van der Waals surface area contributed by atoms with E-state index in [1.54, 1.807) is 0 Å². The van der Waals surface area contributed by atoms with Gasteiger partial charge in [0.15, 0.2) is 0 Å². The Morgan fingerprint density at radius 1 is 0.567 bits per heavy atom. The van der Waals surface area contributed by atoms with E-state index in [1.807, 2.05) is 141 Å². The summed E-state index contributed by atoms with van der Waals surface area (Å²) in [5.74, 6) is 0. The molecule has 4 aromatic carbocycles. The lowest BCUT2D eigenvalue weighted by molar-refractivity contribution is 0.112. The highest BCUT2D eigenvalue weighted by Crippen LogP contribution is 2.09. The molecule has 0 atom stereocenters. The molecule has 0 fully saturated rings. The third kappa shape index (κ3) is 11.2. The van der Waals surface area contributed by atoms with Crippen LogP contribution in [0, 0.1) is 13.8 Å². The summed E-state index contributed by atoms with van der Waals surface area (Å²) in [6, 6.07) is 39.8. The maximum atomic E-state index is 10.4. The molecule has 0 bridgehead atoms. The van der Waals surface area contributed by atoms with E-state index in [9.17, 15) is 4.79 Å². The van der Waals surface area contributed by atoms with Crippen LogP contribution in [-0.4, -0.2) is 6.29 Å². The van der Waals surface area contributed by atoms with E-state index >= 15 is 0 Å². The van der Waals surface area contributed by atoms with Gasteiger partial charge in [0.2, 0.25) is 0 Å². The van der Waals surface area contributed by atoms with Gasteiger partial charge in [-0.05, 0) is 30.5 Å². The van der Waals surface area contributed by atoms with Crippen LogP contribution in [0.5, 0.6) is 0 Å². The van der Waals surface area contributed by atoms with Crippen molar-refractivity contribution in [2.24, 2.45) is 0 Å². The summed E-state index contributed by atoms with van der Waals surface area (Å²) in [5.41, 5.74) is 4.22. The Morgan fingerprint density at radius 2 is 0.967 bits per heavy atom. The molecule has 4 rings (SSSR count). The molecule has 0 saturated carbocycles. The summed E-state index contributed by atoms with van der Waals surface area (Å²) in [7, 11) is 0. The first kappa shape index (κ1) is 24.3. The third-order valence-corrected chi connectivity index (χ3v) is 4.14. The topological polar surface area (TPSA) is 17.1 Å². The van der Waals surface area contributed by atoms with Crippen molar-refractivity contribution < 1.29 is 4.79 Å². The summed E-state index contributed by atoms with van der Waals surface area (Å²) in [6.45, 7) is 7.59. The number of carbonyl (C=O) groups is 1. The maximum Gasteiger partial charge on any atom is 0.150 e. The molecule has 152 valence electrons. The van der Waals surface area contributed by atoms with Crippen LogP contribution in [0.25, 0.3) is 6.08 Å². The van der Waals surface area contributed by atoms with Crippen LogP contribution in [0.1, 0.15) is 27.0 Å². The van der Waals surface area contributed by atoms with E-state index < -0.39 is 0 Å². The van der Waals surface area contributed by atoms with Crippen LogP contribution in [0.3, 0.4) is 0 Å². The molecule has 0 heterocycles. The predicted octanol–water partition coefficient (Wildman–Crippen LogP) is 7.82. The van der Waals surface area contributed by atoms with Gasteiger partial charge in [0.05, 0.1) is 0 Å². The van der Waals surface area contributed by atoms with Gasteiger partial charge in [-0.15, -0.1) is 0 Å². The standard InChI is InChI=1S/C9H10O.C8H8.2C6H6/c1-7-4-3-5-9(6-10)8(7)2;1-2-8-6-4-3-5-7-8;2*1-2-4-6-5-3-1/h3-6H,1-2H3;2-7H,1H2;2*1-6H. The molecule has 4 aromatic rings. The Hall–Kier alpha value is -3.71. The summed E-state index contributed by atoms with van der Waals surface area (Å²) in [6.07, 6.45) is 2.72. The Bertz CT molecular complexity index is 845. The van der Waals surface area contributed by atoms with Crippen LogP contribution in [-0.2, 0) is 0 Å². The second-order valence-electron chi connectivity index (χ2n) is 6.33. The van der Waals surface area contributed by atoms with Gasteiger partial charge in [-0.3, -0.25) is 4.79 Å². The molecule has 0 radical (unpaired) electrons. The van der Waals surface area contributed by atoms with Gasteiger partial charge in [0, 0.05) is 5.56 Å². The molecular weight excluding hydrogens is 364 g/mol. The van der Waals surface area contributed by atoms with Gasteiger partial charge in [-0.1, -0.05) is 134 Å². The fourth-order valence-corrected chi connectivity index (χ4v) is 2.26. The van der Waals surface area contributed by atoms with Crippen LogP contribution < -0.4 is 0 Å². The van der Waals surface area contributed by atoms with Crippen molar-refractivity contribution in [1.82, 2.24) is 0 Å². The zero-order valence-electron chi connectivity index (χ0n) is 17.8. The highest BCUT2D eigenvalue weighted by Gasteiger charge is 1.96. The van der Waals surface area contributed by atoms with Gasteiger partial charge in [-0.2, -0.15) is 0 Å². The molecule has 0 aliphatic carbocycles. The van der Waals surface area contributed by atoms with Crippen LogP contribution in [0.4, 0.5) is 0 Å². The van der Waals surface area contributed by atoms with E-state index in [0.29, 0.717) is 0 Å². The maximum absolute atomic E-state index is 10.4. The van der Waals surface area contributed by atoms with Crippen molar-refractivity contribution in [3.8, 4) is 0 Å². The smallest absolute Gasteiger partial charge is 0.150 e. The molecule has 0 aliphatic rings. The monoisotopic (exact) mass is 394 g/mol. The Labute approximate surface area is 181 Å². The van der Waals surface area contributed by atoms with E-state index in [-0.39, 0.29) is 0 Å². The Morgan fingerprint density at radius 3 is 1.27 bits per heavy atom. The fourth-order valence-electron chi connectivity index (χ4n) is 2.26.